The molecule has 3 aromatic rings. The SMILES string of the molecule is CC(=O)Nc1cccc(CNC(=O)Nc2ccc3c(ccn3CC(=O)N(C)C)c2)c1. The van der Waals surface area contributed by atoms with Gasteiger partial charge < -0.3 is 25.4 Å². The fourth-order valence-corrected chi connectivity index (χ4v) is 3.02. The molecule has 4 amide bonds. The van der Waals surface area contributed by atoms with Crippen LogP contribution in [0.5, 0.6) is 0 Å². The molecule has 0 fully saturated rings. The van der Waals surface area contributed by atoms with E-state index in [4.69, 9.17) is 0 Å². The van der Waals surface area contributed by atoms with Crippen molar-refractivity contribution in [1.82, 2.24) is 14.8 Å². The van der Waals surface area contributed by atoms with Gasteiger partial charge in [0.2, 0.25) is 11.8 Å². The number of benzene rings is 2. The number of aromatic nitrogens is 1. The maximum Gasteiger partial charge on any atom is 0.319 e. The molecule has 1 heterocycles. The molecule has 0 bridgehead atoms. The van der Waals surface area contributed by atoms with Crippen molar-refractivity contribution in [3.8, 4) is 0 Å². The van der Waals surface area contributed by atoms with Gasteiger partial charge in [0.05, 0.1) is 0 Å². The lowest BCUT2D eigenvalue weighted by molar-refractivity contribution is -0.129. The first-order chi connectivity index (χ1) is 14.3. The lowest BCUT2D eigenvalue weighted by atomic mass is 10.2. The largest absolute Gasteiger partial charge is 0.347 e. The summed E-state index contributed by atoms with van der Waals surface area (Å²) in [5, 5.41) is 9.27. The Kier molecular flexibility index (Phi) is 6.36. The number of anilines is 2. The van der Waals surface area contributed by atoms with Crippen LogP contribution in [0.2, 0.25) is 0 Å². The predicted octanol–water partition coefficient (Wildman–Crippen LogP) is 3.01. The van der Waals surface area contributed by atoms with Gasteiger partial charge in [-0.2, -0.15) is 0 Å². The smallest absolute Gasteiger partial charge is 0.319 e. The molecule has 3 rings (SSSR count). The van der Waals surface area contributed by atoms with Crippen molar-refractivity contribution < 1.29 is 14.4 Å². The minimum atomic E-state index is -0.332. The Hall–Kier alpha value is -3.81. The highest BCUT2D eigenvalue weighted by molar-refractivity contribution is 5.93. The van der Waals surface area contributed by atoms with Crippen molar-refractivity contribution in [3.05, 3.63) is 60.3 Å². The van der Waals surface area contributed by atoms with Gasteiger partial charge in [0.15, 0.2) is 0 Å². The lowest BCUT2D eigenvalue weighted by Gasteiger charge is -2.12. The van der Waals surface area contributed by atoms with Gasteiger partial charge >= 0.3 is 6.03 Å². The Morgan fingerprint density at radius 3 is 2.47 bits per heavy atom. The van der Waals surface area contributed by atoms with Gasteiger partial charge in [0, 0.05) is 56.0 Å². The standard InChI is InChI=1S/C22H25N5O3/c1-15(28)24-18-6-4-5-16(11-18)13-23-22(30)25-19-7-8-20-17(12-19)9-10-27(20)14-21(29)26(2)3/h4-12H,13-14H2,1-3H3,(H,24,28)(H2,23,25,30). The predicted molar refractivity (Wildman–Crippen MR) is 117 cm³/mol. The van der Waals surface area contributed by atoms with Crippen molar-refractivity contribution >= 4 is 40.1 Å². The first-order valence-corrected chi connectivity index (χ1v) is 9.52. The number of fused-ring (bicyclic) bond motifs is 1. The van der Waals surface area contributed by atoms with Gasteiger partial charge in [0.25, 0.3) is 0 Å². The molecule has 0 radical (unpaired) electrons. The van der Waals surface area contributed by atoms with Crippen LogP contribution in [-0.2, 0) is 22.7 Å². The quantitative estimate of drug-likeness (QED) is 0.586. The van der Waals surface area contributed by atoms with Crippen molar-refractivity contribution in [2.45, 2.75) is 20.0 Å². The normalized spacial score (nSPS) is 10.5. The van der Waals surface area contributed by atoms with Crippen LogP contribution in [-0.4, -0.2) is 41.4 Å². The summed E-state index contributed by atoms with van der Waals surface area (Å²) in [4.78, 5) is 36.9. The van der Waals surface area contributed by atoms with E-state index in [0.29, 0.717) is 17.9 Å². The number of hydrogen-bond acceptors (Lipinski definition) is 3. The van der Waals surface area contributed by atoms with E-state index in [-0.39, 0.29) is 24.4 Å². The highest BCUT2D eigenvalue weighted by Gasteiger charge is 2.09. The molecule has 30 heavy (non-hydrogen) atoms. The van der Waals surface area contributed by atoms with Crippen LogP contribution in [0.4, 0.5) is 16.2 Å². The van der Waals surface area contributed by atoms with Crippen LogP contribution in [0.1, 0.15) is 12.5 Å². The maximum atomic E-state index is 12.3. The highest BCUT2D eigenvalue weighted by atomic mass is 16.2. The first-order valence-electron chi connectivity index (χ1n) is 9.52. The van der Waals surface area contributed by atoms with E-state index in [1.807, 2.05) is 47.2 Å². The van der Waals surface area contributed by atoms with Gasteiger partial charge in [-0.25, -0.2) is 4.79 Å². The Morgan fingerprint density at radius 1 is 0.967 bits per heavy atom. The summed E-state index contributed by atoms with van der Waals surface area (Å²) in [7, 11) is 3.45. The van der Waals surface area contributed by atoms with E-state index in [9.17, 15) is 14.4 Å². The van der Waals surface area contributed by atoms with E-state index in [1.165, 1.54) is 6.92 Å². The number of carbonyl (C=O) groups is 3. The third-order valence-corrected chi connectivity index (χ3v) is 4.53. The summed E-state index contributed by atoms with van der Waals surface area (Å²) < 4.78 is 1.88. The van der Waals surface area contributed by atoms with E-state index < -0.39 is 0 Å². The molecule has 3 N–H and O–H groups in total. The number of likely N-dealkylation sites (N-methyl/N-ethyl adjacent to an activating group) is 1. The summed E-state index contributed by atoms with van der Waals surface area (Å²) in [5.41, 5.74) is 3.13. The molecule has 156 valence electrons. The molecule has 0 aliphatic carbocycles. The zero-order valence-electron chi connectivity index (χ0n) is 17.2. The van der Waals surface area contributed by atoms with Gasteiger partial charge in [-0.3, -0.25) is 9.59 Å². The monoisotopic (exact) mass is 407 g/mol. The number of hydrogen-bond donors (Lipinski definition) is 3. The van der Waals surface area contributed by atoms with Crippen LogP contribution in [0.3, 0.4) is 0 Å². The zero-order valence-corrected chi connectivity index (χ0v) is 17.2. The molecule has 8 heteroatoms. The van der Waals surface area contributed by atoms with E-state index in [2.05, 4.69) is 16.0 Å². The average molecular weight is 407 g/mol. The lowest BCUT2D eigenvalue weighted by Crippen LogP contribution is -2.28. The van der Waals surface area contributed by atoms with E-state index in [1.54, 1.807) is 31.1 Å². The average Bonchev–Trinajstić information content (AvgIpc) is 3.08. The second-order valence-electron chi connectivity index (χ2n) is 7.19. The summed E-state index contributed by atoms with van der Waals surface area (Å²) in [6, 6.07) is 14.4. The second kappa shape index (κ2) is 9.13. The van der Waals surface area contributed by atoms with Crippen molar-refractivity contribution in [2.75, 3.05) is 24.7 Å². The number of rotatable bonds is 6. The van der Waals surface area contributed by atoms with Crippen molar-refractivity contribution in [1.29, 1.82) is 0 Å². The van der Waals surface area contributed by atoms with E-state index >= 15 is 0 Å². The maximum absolute atomic E-state index is 12.3. The first kappa shape index (κ1) is 20.9. The molecule has 2 aromatic carbocycles. The van der Waals surface area contributed by atoms with Crippen molar-refractivity contribution in [2.24, 2.45) is 0 Å². The molecule has 0 saturated carbocycles. The summed E-state index contributed by atoms with van der Waals surface area (Å²) in [6.45, 7) is 2.04. The van der Waals surface area contributed by atoms with Crippen LogP contribution < -0.4 is 16.0 Å². The molecule has 1 aromatic heterocycles. The molecule has 8 nitrogen and oxygen atoms in total. The molecule has 0 atom stereocenters. The number of urea groups is 1. The van der Waals surface area contributed by atoms with Gasteiger partial charge in [-0.1, -0.05) is 12.1 Å². The summed E-state index contributed by atoms with van der Waals surface area (Å²) >= 11 is 0. The molecule has 0 saturated heterocycles. The molecule has 0 aliphatic heterocycles. The number of carbonyl (C=O) groups excluding carboxylic acids is 3. The molecular weight excluding hydrogens is 382 g/mol. The second-order valence-corrected chi connectivity index (χ2v) is 7.19. The Bertz CT molecular complexity index is 1090. The topological polar surface area (TPSA) is 95.5 Å². The summed E-state index contributed by atoms with van der Waals surface area (Å²) in [6.07, 6.45) is 1.86. The zero-order chi connectivity index (χ0) is 21.7. The minimum Gasteiger partial charge on any atom is -0.347 e. The Labute approximate surface area is 174 Å². The molecular formula is C22H25N5O3. The number of nitrogens with one attached hydrogen (secondary N) is 3. The Balaban J connectivity index is 1.60. The van der Waals surface area contributed by atoms with Gasteiger partial charge in [0.1, 0.15) is 6.54 Å². The fraction of sp³-hybridized carbons (Fsp3) is 0.227. The van der Waals surface area contributed by atoms with E-state index in [0.717, 1.165) is 16.5 Å². The number of nitrogens with zero attached hydrogens (tertiary/aromatic N) is 2. The fourth-order valence-electron chi connectivity index (χ4n) is 3.02. The third-order valence-electron chi connectivity index (χ3n) is 4.53. The third kappa shape index (κ3) is 5.38. The van der Waals surface area contributed by atoms with Crippen LogP contribution in [0.15, 0.2) is 54.7 Å². The summed E-state index contributed by atoms with van der Waals surface area (Å²) in [5.74, 6) is -0.134. The number of amides is 4. The molecule has 0 spiro atoms. The van der Waals surface area contributed by atoms with Crippen molar-refractivity contribution in [3.63, 3.8) is 0 Å². The minimum absolute atomic E-state index is 0.0108. The molecule has 0 aliphatic rings. The van der Waals surface area contributed by atoms with Gasteiger partial charge in [-0.15, -0.1) is 0 Å². The van der Waals surface area contributed by atoms with Gasteiger partial charge in [-0.05, 0) is 42.0 Å². The van der Waals surface area contributed by atoms with Crippen LogP contribution in [0.25, 0.3) is 10.9 Å². The highest BCUT2D eigenvalue weighted by Crippen LogP contribution is 2.21. The van der Waals surface area contributed by atoms with Crippen LogP contribution >= 0.6 is 0 Å². The Morgan fingerprint density at radius 2 is 1.73 bits per heavy atom. The van der Waals surface area contributed by atoms with Crippen LogP contribution in [0, 0.1) is 0 Å². The molecule has 0 unspecified atom stereocenters.